The Hall–Kier alpha value is -3.11. The number of halogens is 14. The molecule has 6 nitrogen and oxygen atoms in total. The van der Waals surface area contributed by atoms with Crippen molar-refractivity contribution in [1.82, 2.24) is 0 Å². The molecule has 0 aromatic heterocycles. The Balaban J connectivity index is 1.52. The van der Waals surface area contributed by atoms with Crippen molar-refractivity contribution >= 4 is 92.8 Å². The second kappa shape index (κ2) is 12.7. The summed E-state index contributed by atoms with van der Waals surface area (Å²) < 4.78 is 119. The minimum Gasteiger partial charge on any atom is -0.326 e. The Morgan fingerprint density at radius 3 is 1.96 bits per heavy atom. The summed E-state index contributed by atoms with van der Waals surface area (Å²) in [6, 6.07) is 8.67. The monoisotopic (exact) mass is 773 g/mol. The van der Waals surface area contributed by atoms with E-state index < -0.39 is 80.5 Å². The summed E-state index contributed by atoms with van der Waals surface area (Å²) in [7, 11) is 0. The molecule has 4 rings (SSSR count). The zero-order valence-electron chi connectivity index (χ0n) is 22.3. The molecular weight excluding hydrogens is 763 g/mol. The topological polar surface area (TPSA) is 87.3 Å². The van der Waals surface area contributed by atoms with Crippen molar-refractivity contribution in [3.8, 4) is 0 Å². The standard InChI is InChI=1S/C27H13Cl5F9N3O3/c28-12-4-2-10(42-22(46)18-17(24(18,31)32)9-1-3-13(29)14(30)7-9)8-11(12)21(45)43-16-6-5-15(33)20(19(16)34)44-23(47)25(35,36)26(37,38)27(39,40)41/h1-8,17-18H,(H,42,46)(H,43,45)(H,44,47)/t17-,18+/m0/s1. The number of benzene rings is 3. The molecule has 0 unspecified atom stereocenters. The predicted molar refractivity (Wildman–Crippen MR) is 156 cm³/mol. The molecule has 0 aliphatic heterocycles. The van der Waals surface area contributed by atoms with Gasteiger partial charge in [0.15, 0.2) is 5.82 Å². The van der Waals surface area contributed by atoms with E-state index in [0.717, 1.165) is 12.1 Å². The van der Waals surface area contributed by atoms with Crippen LogP contribution in [0.1, 0.15) is 21.8 Å². The molecule has 3 aromatic carbocycles. The summed E-state index contributed by atoms with van der Waals surface area (Å²) >= 11 is 30.6. The van der Waals surface area contributed by atoms with Gasteiger partial charge in [0.25, 0.3) is 5.91 Å². The Labute approximate surface area is 282 Å². The molecular formula is C27H13Cl5F9N3O3. The van der Waals surface area contributed by atoms with E-state index in [2.05, 4.69) is 5.32 Å². The van der Waals surface area contributed by atoms with Gasteiger partial charge in [0.2, 0.25) is 5.91 Å². The van der Waals surface area contributed by atoms with E-state index >= 15 is 0 Å². The maximum atomic E-state index is 15.0. The Morgan fingerprint density at radius 2 is 1.36 bits per heavy atom. The Morgan fingerprint density at radius 1 is 0.745 bits per heavy atom. The van der Waals surface area contributed by atoms with E-state index in [4.69, 9.17) is 58.0 Å². The van der Waals surface area contributed by atoms with Gasteiger partial charge in [-0.05, 0) is 48.0 Å². The van der Waals surface area contributed by atoms with Crippen molar-refractivity contribution in [2.75, 3.05) is 16.0 Å². The molecule has 0 spiro atoms. The van der Waals surface area contributed by atoms with E-state index in [0.29, 0.717) is 16.9 Å². The van der Waals surface area contributed by atoms with Crippen molar-refractivity contribution < 1.29 is 53.9 Å². The third-order valence-corrected chi connectivity index (χ3v) is 8.74. The molecule has 1 saturated carbocycles. The zero-order valence-corrected chi connectivity index (χ0v) is 26.1. The lowest BCUT2D eigenvalue weighted by atomic mass is 10.1. The predicted octanol–water partition coefficient (Wildman–Crippen LogP) is 9.47. The van der Waals surface area contributed by atoms with Gasteiger partial charge in [0, 0.05) is 11.6 Å². The maximum absolute atomic E-state index is 15.0. The number of anilines is 3. The zero-order chi connectivity index (χ0) is 35.4. The largest absolute Gasteiger partial charge is 0.460 e. The second-order valence-corrected chi connectivity index (χ2v) is 12.5. The quantitative estimate of drug-likeness (QED) is 0.158. The van der Waals surface area contributed by atoms with Crippen molar-refractivity contribution in [2.45, 2.75) is 28.3 Å². The van der Waals surface area contributed by atoms with Crippen molar-refractivity contribution in [3.05, 3.63) is 86.4 Å². The van der Waals surface area contributed by atoms with Crippen LogP contribution in [0.5, 0.6) is 0 Å². The van der Waals surface area contributed by atoms with Crippen LogP contribution in [-0.2, 0) is 9.59 Å². The minimum absolute atomic E-state index is 0.0613. The first-order valence-corrected chi connectivity index (χ1v) is 14.3. The number of amides is 3. The molecule has 2 atom stereocenters. The SMILES string of the molecule is O=C(Nc1ccc(F)c(NC(=O)C(F)(F)C(F)(F)C(F)(F)F)c1F)c1cc(NC(=O)[C@H]2[C@H](c3ccc(Cl)c(Cl)c3)C2(Cl)Cl)ccc1Cl. The summed E-state index contributed by atoms with van der Waals surface area (Å²) in [6.45, 7) is 0. The molecule has 0 heterocycles. The molecule has 0 radical (unpaired) electrons. The minimum atomic E-state index is -6.92. The lowest BCUT2D eigenvalue weighted by Crippen LogP contribution is -2.57. The third-order valence-electron chi connectivity index (χ3n) is 6.73. The van der Waals surface area contributed by atoms with Gasteiger partial charge in [0.1, 0.15) is 15.8 Å². The fourth-order valence-electron chi connectivity index (χ4n) is 4.24. The van der Waals surface area contributed by atoms with E-state index in [9.17, 15) is 53.9 Å². The lowest BCUT2D eigenvalue weighted by molar-refractivity contribution is -0.343. The van der Waals surface area contributed by atoms with Crippen LogP contribution < -0.4 is 16.0 Å². The fourth-order valence-corrected chi connectivity index (χ4v) is 5.57. The number of alkyl halides is 9. The highest BCUT2D eigenvalue weighted by atomic mass is 35.5. The van der Waals surface area contributed by atoms with Gasteiger partial charge in [-0.3, -0.25) is 14.4 Å². The van der Waals surface area contributed by atoms with Crippen LogP contribution in [0.3, 0.4) is 0 Å². The number of nitrogens with one attached hydrogen (secondary N) is 3. The molecule has 3 N–H and O–H groups in total. The van der Waals surface area contributed by atoms with Gasteiger partial charge in [-0.2, -0.15) is 30.7 Å². The average Bonchev–Trinajstić information content (AvgIpc) is 3.55. The summed E-state index contributed by atoms with van der Waals surface area (Å²) in [4.78, 5) is 37.6. The van der Waals surface area contributed by atoms with Crippen LogP contribution in [0.4, 0.5) is 56.6 Å². The van der Waals surface area contributed by atoms with Gasteiger partial charge < -0.3 is 16.0 Å². The summed E-state index contributed by atoms with van der Waals surface area (Å²) in [5.41, 5.74) is -2.97. The van der Waals surface area contributed by atoms with Crippen molar-refractivity contribution in [1.29, 1.82) is 0 Å². The van der Waals surface area contributed by atoms with Crippen LogP contribution >= 0.6 is 58.0 Å². The van der Waals surface area contributed by atoms with Crippen LogP contribution in [0, 0.1) is 17.6 Å². The smallest absolute Gasteiger partial charge is 0.326 e. The number of carbonyl (C=O) groups is 3. The van der Waals surface area contributed by atoms with Crippen LogP contribution in [0.25, 0.3) is 0 Å². The summed E-state index contributed by atoms with van der Waals surface area (Å²) in [6.07, 6.45) is -6.91. The van der Waals surface area contributed by atoms with Crippen molar-refractivity contribution in [3.63, 3.8) is 0 Å². The van der Waals surface area contributed by atoms with Gasteiger partial charge in [-0.25, -0.2) is 8.78 Å². The highest BCUT2D eigenvalue weighted by molar-refractivity contribution is 6.53. The van der Waals surface area contributed by atoms with Gasteiger partial charge in [-0.1, -0.05) is 40.9 Å². The molecule has 3 amide bonds. The molecule has 47 heavy (non-hydrogen) atoms. The first kappa shape index (κ1) is 36.7. The van der Waals surface area contributed by atoms with E-state index in [1.54, 1.807) is 6.07 Å². The van der Waals surface area contributed by atoms with Crippen LogP contribution in [0.15, 0.2) is 48.5 Å². The summed E-state index contributed by atoms with van der Waals surface area (Å²) in [5, 5.41) is 5.11. The van der Waals surface area contributed by atoms with Gasteiger partial charge in [-0.15, -0.1) is 23.2 Å². The Bertz CT molecular complexity index is 1790. The number of hydrogen-bond acceptors (Lipinski definition) is 3. The number of rotatable bonds is 8. The summed E-state index contributed by atoms with van der Waals surface area (Å²) in [5.74, 6) is -24.5. The van der Waals surface area contributed by atoms with Crippen LogP contribution in [0.2, 0.25) is 15.1 Å². The van der Waals surface area contributed by atoms with Gasteiger partial charge >= 0.3 is 23.9 Å². The van der Waals surface area contributed by atoms with Crippen LogP contribution in [-0.4, -0.2) is 40.1 Å². The first-order valence-electron chi connectivity index (χ1n) is 12.4. The van der Waals surface area contributed by atoms with Crippen molar-refractivity contribution in [2.24, 2.45) is 5.92 Å². The molecule has 0 saturated heterocycles. The van der Waals surface area contributed by atoms with Gasteiger partial charge in [0.05, 0.1) is 32.2 Å². The normalized spacial score (nSPS) is 17.6. The fraction of sp³-hybridized carbons (Fsp3) is 0.222. The molecule has 1 aliphatic rings. The third kappa shape index (κ3) is 6.91. The highest BCUT2D eigenvalue weighted by Crippen LogP contribution is 2.65. The average molecular weight is 776 g/mol. The highest BCUT2D eigenvalue weighted by Gasteiger charge is 2.76. The lowest BCUT2D eigenvalue weighted by Gasteiger charge is -2.27. The molecule has 0 bridgehead atoms. The van der Waals surface area contributed by atoms with E-state index in [1.807, 2.05) is 5.32 Å². The molecule has 1 aliphatic carbocycles. The molecule has 252 valence electrons. The molecule has 20 heteroatoms. The molecule has 3 aromatic rings. The number of carbonyl (C=O) groups excluding carboxylic acids is 3. The van der Waals surface area contributed by atoms with E-state index in [1.165, 1.54) is 18.2 Å². The first-order chi connectivity index (χ1) is 21.5. The Kier molecular flexibility index (Phi) is 9.95. The number of hydrogen-bond donors (Lipinski definition) is 3. The molecule has 1 fully saturated rings. The maximum Gasteiger partial charge on any atom is 0.460 e. The van der Waals surface area contributed by atoms with E-state index in [-0.39, 0.29) is 26.8 Å². The second-order valence-electron chi connectivity index (χ2n) is 9.83.